The molecule has 0 spiro atoms. The standard InChI is InChI=1S/C15H19ClN2O/c1-10(2)17-5-4-15-18-9-14(19-15)12-6-11(3)7-13(16)8-12/h6-10,17H,4-5H2,1-3H3. The summed E-state index contributed by atoms with van der Waals surface area (Å²) >= 11 is 6.05. The summed E-state index contributed by atoms with van der Waals surface area (Å²) in [5.41, 5.74) is 2.09. The SMILES string of the molecule is Cc1cc(Cl)cc(-c2cnc(CCNC(C)C)o2)c1. The van der Waals surface area contributed by atoms with Crippen LogP contribution in [0.4, 0.5) is 0 Å². The predicted molar refractivity (Wildman–Crippen MR) is 78.5 cm³/mol. The van der Waals surface area contributed by atoms with Crippen LogP contribution in [0.5, 0.6) is 0 Å². The Kier molecular flexibility index (Phi) is 4.61. The molecule has 0 aliphatic rings. The number of nitrogens with zero attached hydrogens (tertiary/aromatic N) is 1. The molecule has 0 aliphatic carbocycles. The monoisotopic (exact) mass is 278 g/mol. The van der Waals surface area contributed by atoms with Gasteiger partial charge in [-0.15, -0.1) is 0 Å². The van der Waals surface area contributed by atoms with E-state index in [1.54, 1.807) is 6.20 Å². The highest BCUT2D eigenvalue weighted by Crippen LogP contribution is 2.25. The Hall–Kier alpha value is -1.32. The lowest BCUT2D eigenvalue weighted by molar-refractivity contribution is 0.484. The Morgan fingerprint density at radius 3 is 2.79 bits per heavy atom. The van der Waals surface area contributed by atoms with Crippen LogP contribution in [-0.4, -0.2) is 17.6 Å². The van der Waals surface area contributed by atoms with Crippen LogP contribution in [0.1, 0.15) is 25.3 Å². The average molecular weight is 279 g/mol. The zero-order valence-electron chi connectivity index (χ0n) is 11.5. The van der Waals surface area contributed by atoms with Crippen LogP contribution in [-0.2, 0) is 6.42 Å². The molecule has 4 heteroatoms. The number of benzene rings is 1. The molecule has 2 rings (SSSR count). The van der Waals surface area contributed by atoms with Gasteiger partial charge in [-0.25, -0.2) is 4.98 Å². The molecule has 1 N–H and O–H groups in total. The second-order valence-electron chi connectivity index (χ2n) is 4.99. The number of halogens is 1. The van der Waals surface area contributed by atoms with Crippen molar-refractivity contribution in [3.05, 3.63) is 40.9 Å². The normalized spacial score (nSPS) is 11.2. The van der Waals surface area contributed by atoms with Gasteiger partial charge < -0.3 is 9.73 Å². The van der Waals surface area contributed by atoms with E-state index in [9.17, 15) is 0 Å². The van der Waals surface area contributed by atoms with Gasteiger partial charge in [-0.1, -0.05) is 25.4 Å². The van der Waals surface area contributed by atoms with Crippen molar-refractivity contribution in [3.8, 4) is 11.3 Å². The summed E-state index contributed by atoms with van der Waals surface area (Å²) < 4.78 is 5.75. The highest BCUT2D eigenvalue weighted by atomic mass is 35.5. The van der Waals surface area contributed by atoms with Gasteiger partial charge in [0, 0.05) is 29.6 Å². The summed E-state index contributed by atoms with van der Waals surface area (Å²) in [6.07, 6.45) is 2.55. The van der Waals surface area contributed by atoms with Crippen LogP contribution in [0.2, 0.25) is 5.02 Å². The fourth-order valence-corrected chi connectivity index (χ4v) is 2.20. The van der Waals surface area contributed by atoms with Crippen molar-refractivity contribution >= 4 is 11.6 Å². The summed E-state index contributed by atoms with van der Waals surface area (Å²) in [6, 6.07) is 6.34. The lowest BCUT2D eigenvalue weighted by atomic mass is 10.1. The minimum atomic E-state index is 0.477. The minimum Gasteiger partial charge on any atom is -0.441 e. The van der Waals surface area contributed by atoms with Gasteiger partial charge in [-0.3, -0.25) is 0 Å². The highest BCUT2D eigenvalue weighted by molar-refractivity contribution is 6.30. The Balaban J connectivity index is 2.07. The molecule has 0 unspecified atom stereocenters. The maximum atomic E-state index is 6.05. The number of hydrogen-bond acceptors (Lipinski definition) is 3. The molecule has 19 heavy (non-hydrogen) atoms. The van der Waals surface area contributed by atoms with E-state index in [1.165, 1.54) is 0 Å². The zero-order valence-corrected chi connectivity index (χ0v) is 12.3. The number of hydrogen-bond donors (Lipinski definition) is 1. The molecule has 3 nitrogen and oxygen atoms in total. The molecule has 1 aromatic heterocycles. The smallest absolute Gasteiger partial charge is 0.196 e. The third-order valence-corrected chi connectivity index (χ3v) is 2.99. The molecule has 1 heterocycles. The van der Waals surface area contributed by atoms with Gasteiger partial charge in [0.15, 0.2) is 11.7 Å². The third-order valence-electron chi connectivity index (χ3n) is 2.77. The molecule has 102 valence electrons. The van der Waals surface area contributed by atoms with Crippen LogP contribution in [0.25, 0.3) is 11.3 Å². The molecule has 1 aromatic carbocycles. The van der Waals surface area contributed by atoms with Crippen LogP contribution >= 0.6 is 11.6 Å². The second-order valence-corrected chi connectivity index (χ2v) is 5.43. The Morgan fingerprint density at radius 1 is 1.32 bits per heavy atom. The van der Waals surface area contributed by atoms with E-state index in [-0.39, 0.29) is 0 Å². The fraction of sp³-hybridized carbons (Fsp3) is 0.400. The second kappa shape index (κ2) is 6.22. The summed E-state index contributed by atoms with van der Waals surface area (Å²) in [6.45, 7) is 7.12. The van der Waals surface area contributed by atoms with Crippen LogP contribution in [0.15, 0.2) is 28.8 Å². The first kappa shape index (κ1) is 14.1. The van der Waals surface area contributed by atoms with E-state index in [2.05, 4.69) is 24.1 Å². The molecule has 2 aromatic rings. The van der Waals surface area contributed by atoms with Gasteiger partial charge >= 0.3 is 0 Å². The molecular formula is C15H19ClN2O. The number of oxazole rings is 1. The Bertz CT molecular complexity index is 529. The van der Waals surface area contributed by atoms with Crippen molar-refractivity contribution in [1.29, 1.82) is 0 Å². The molecule has 0 atom stereocenters. The van der Waals surface area contributed by atoms with Crippen molar-refractivity contribution in [2.45, 2.75) is 33.2 Å². The third kappa shape index (κ3) is 4.08. The topological polar surface area (TPSA) is 38.1 Å². The molecule has 0 fully saturated rings. The summed E-state index contributed by atoms with van der Waals surface area (Å²) in [7, 11) is 0. The van der Waals surface area contributed by atoms with E-state index in [0.29, 0.717) is 6.04 Å². The van der Waals surface area contributed by atoms with Gasteiger partial charge in [-0.2, -0.15) is 0 Å². The van der Waals surface area contributed by atoms with Gasteiger partial charge in [0.05, 0.1) is 6.20 Å². The predicted octanol–water partition coefficient (Wildman–Crippen LogP) is 3.84. The number of rotatable bonds is 5. The van der Waals surface area contributed by atoms with Crippen molar-refractivity contribution < 1.29 is 4.42 Å². The first-order chi connectivity index (χ1) is 9.04. The first-order valence-corrected chi connectivity index (χ1v) is 6.88. The van der Waals surface area contributed by atoms with Crippen molar-refractivity contribution in [1.82, 2.24) is 10.3 Å². The fourth-order valence-electron chi connectivity index (χ4n) is 1.91. The molecule has 0 amide bonds. The summed E-state index contributed by atoms with van der Waals surface area (Å²) in [5.74, 6) is 1.52. The van der Waals surface area contributed by atoms with Crippen molar-refractivity contribution in [2.24, 2.45) is 0 Å². The minimum absolute atomic E-state index is 0.477. The van der Waals surface area contributed by atoms with E-state index in [1.807, 2.05) is 25.1 Å². The van der Waals surface area contributed by atoms with E-state index >= 15 is 0 Å². The Labute approximate surface area is 119 Å². The zero-order chi connectivity index (χ0) is 13.8. The number of aromatic nitrogens is 1. The van der Waals surface area contributed by atoms with Crippen molar-refractivity contribution in [2.75, 3.05) is 6.54 Å². The molecule has 0 saturated heterocycles. The summed E-state index contributed by atoms with van der Waals surface area (Å²) in [4.78, 5) is 4.30. The van der Waals surface area contributed by atoms with Gasteiger partial charge in [0.2, 0.25) is 0 Å². The highest BCUT2D eigenvalue weighted by Gasteiger charge is 2.07. The van der Waals surface area contributed by atoms with Crippen LogP contribution < -0.4 is 5.32 Å². The lowest BCUT2D eigenvalue weighted by Gasteiger charge is -2.05. The van der Waals surface area contributed by atoms with E-state index < -0.39 is 0 Å². The molecule has 0 bridgehead atoms. The molecule has 0 radical (unpaired) electrons. The lowest BCUT2D eigenvalue weighted by Crippen LogP contribution is -2.24. The van der Waals surface area contributed by atoms with Gasteiger partial charge in [0.1, 0.15) is 0 Å². The van der Waals surface area contributed by atoms with Crippen LogP contribution in [0, 0.1) is 6.92 Å². The van der Waals surface area contributed by atoms with Gasteiger partial charge in [-0.05, 0) is 30.7 Å². The first-order valence-electron chi connectivity index (χ1n) is 6.50. The summed E-state index contributed by atoms with van der Waals surface area (Å²) in [5, 5.41) is 4.06. The molecule has 0 saturated carbocycles. The largest absolute Gasteiger partial charge is 0.441 e. The van der Waals surface area contributed by atoms with E-state index in [0.717, 1.165) is 40.8 Å². The average Bonchev–Trinajstić information content (AvgIpc) is 2.76. The maximum absolute atomic E-state index is 6.05. The van der Waals surface area contributed by atoms with Crippen molar-refractivity contribution in [3.63, 3.8) is 0 Å². The molecular weight excluding hydrogens is 260 g/mol. The van der Waals surface area contributed by atoms with Crippen LogP contribution in [0.3, 0.4) is 0 Å². The maximum Gasteiger partial charge on any atom is 0.196 e. The van der Waals surface area contributed by atoms with Gasteiger partial charge in [0.25, 0.3) is 0 Å². The number of nitrogens with one attached hydrogen (secondary N) is 1. The Morgan fingerprint density at radius 2 is 2.11 bits per heavy atom. The quantitative estimate of drug-likeness (QED) is 0.903. The molecule has 0 aliphatic heterocycles. The van der Waals surface area contributed by atoms with E-state index in [4.69, 9.17) is 16.0 Å². The number of aryl methyl sites for hydroxylation is 1.